The molecule has 4 nitrogen and oxygen atoms in total. The van der Waals surface area contributed by atoms with E-state index in [2.05, 4.69) is 15.6 Å². The fraction of sp³-hybridized carbons (Fsp3) is 0.278. The number of nitrogens with zero attached hydrogens (tertiary/aromatic N) is 1. The van der Waals surface area contributed by atoms with Crippen molar-refractivity contribution >= 4 is 17.6 Å². The van der Waals surface area contributed by atoms with E-state index < -0.39 is 17.7 Å². The Hall–Kier alpha value is -2.18. The molecule has 0 fully saturated rings. The van der Waals surface area contributed by atoms with Gasteiger partial charge in [0.1, 0.15) is 11.6 Å². The summed E-state index contributed by atoms with van der Waals surface area (Å²) in [5, 5.41) is 16.8. The van der Waals surface area contributed by atoms with E-state index in [-0.39, 0.29) is 18.7 Å². The SMILES string of the molecule is CCNC(=NCc1cc(F)ccc1F)NCC(O)c1ccc(Cl)cc1. The summed E-state index contributed by atoms with van der Waals surface area (Å²) < 4.78 is 26.8. The summed E-state index contributed by atoms with van der Waals surface area (Å²) in [6.07, 6.45) is -0.757. The fourth-order valence-corrected chi connectivity index (χ4v) is 2.29. The molecule has 7 heteroatoms. The smallest absolute Gasteiger partial charge is 0.191 e. The molecule has 3 N–H and O–H groups in total. The molecule has 2 aromatic carbocycles. The summed E-state index contributed by atoms with van der Waals surface area (Å²) in [4.78, 5) is 4.22. The molecule has 25 heavy (non-hydrogen) atoms. The van der Waals surface area contributed by atoms with Gasteiger partial charge in [0.15, 0.2) is 5.96 Å². The Kier molecular flexibility index (Phi) is 7.16. The number of hydrogen-bond donors (Lipinski definition) is 3. The number of aliphatic hydroxyl groups is 1. The van der Waals surface area contributed by atoms with Crippen molar-refractivity contribution in [1.82, 2.24) is 10.6 Å². The second-order valence-electron chi connectivity index (χ2n) is 5.38. The van der Waals surface area contributed by atoms with Crippen molar-refractivity contribution in [2.75, 3.05) is 13.1 Å². The van der Waals surface area contributed by atoms with Crippen molar-refractivity contribution in [3.63, 3.8) is 0 Å². The standard InChI is InChI=1S/C18H20ClF2N3O/c1-2-22-18(23-10-13-9-15(20)7-8-16(13)21)24-11-17(25)12-3-5-14(19)6-4-12/h3-9,17,25H,2,10-11H2,1H3,(H2,22,23,24). The number of halogens is 3. The number of hydrogen-bond acceptors (Lipinski definition) is 2. The minimum Gasteiger partial charge on any atom is -0.387 e. The van der Waals surface area contributed by atoms with Gasteiger partial charge >= 0.3 is 0 Å². The molecule has 134 valence electrons. The van der Waals surface area contributed by atoms with E-state index in [9.17, 15) is 13.9 Å². The normalized spacial score (nSPS) is 12.8. The van der Waals surface area contributed by atoms with Gasteiger partial charge < -0.3 is 15.7 Å². The van der Waals surface area contributed by atoms with E-state index in [0.29, 0.717) is 23.1 Å². The first-order valence-corrected chi connectivity index (χ1v) is 8.27. The van der Waals surface area contributed by atoms with Gasteiger partial charge in [-0.3, -0.25) is 0 Å². The number of benzene rings is 2. The molecule has 0 amide bonds. The van der Waals surface area contributed by atoms with E-state index in [1.54, 1.807) is 24.3 Å². The van der Waals surface area contributed by atoms with E-state index in [4.69, 9.17) is 11.6 Å². The largest absolute Gasteiger partial charge is 0.387 e. The van der Waals surface area contributed by atoms with Crippen LogP contribution in [-0.2, 0) is 6.54 Å². The van der Waals surface area contributed by atoms with Crippen LogP contribution in [0.25, 0.3) is 0 Å². The van der Waals surface area contributed by atoms with Crippen molar-refractivity contribution in [2.45, 2.75) is 19.6 Å². The molecule has 0 aliphatic rings. The zero-order chi connectivity index (χ0) is 18.2. The van der Waals surface area contributed by atoms with Gasteiger partial charge in [-0.25, -0.2) is 13.8 Å². The van der Waals surface area contributed by atoms with Crippen molar-refractivity contribution < 1.29 is 13.9 Å². The molecule has 0 saturated heterocycles. The Labute approximate surface area is 150 Å². The molecule has 0 bridgehead atoms. The van der Waals surface area contributed by atoms with E-state index in [0.717, 1.165) is 18.2 Å². The third-order valence-corrected chi connectivity index (χ3v) is 3.73. The maximum Gasteiger partial charge on any atom is 0.191 e. The van der Waals surface area contributed by atoms with Crippen LogP contribution in [0.3, 0.4) is 0 Å². The number of guanidine groups is 1. The number of nitrogens with one attached hydrogen (secondary N) is 2. The maximum absolute atomic E-state index is 13.6. The zero-order valence-corrected chi connectivity index (χ0v) is 14.5. The van der Waals surface area contributed by atoms with Gasteiger partial charge in [0, 0.05) is 23.7 Å². The van der Waals surface area contributed by atoms with Crippen LogP contribution in [-0.4, -0.2) is 24.2 Å². The molecule has 0 radical (unpaired) electrons. The minimum absolute atomic E-state index is 0.0179. The molecule has 0 saturated carbocycles. The highest BCUT2D eigenvalue weighted by atomic mass is 35.5. The number of rotatable bonds is 6. The lowest BCUT2D eigenvalue weighted by atomic mass is 10.1. The molecule has 0 aliphatic heterocycles. The van der Waals surface area contributed by atoms with Gasteiger partial charge in [0.2, 0.25) is 0 Å². The van der Waals surface area contributed by atoms with Gasteiger partial charge in [-0.2, -0.15) is 0 Å². The molecule has 0 aliphatic carbocycles. The minimum atomic E-state index is -0.757. The first-order chi connectivity index (χ1) is 12.0. The first-order valence-electron chi connectivity index (χ1n) is 7.89. The Morgan fingerprint density at radius 2 is 1.88 bits per heavy atom. The van der Waals surface area contributed by atoms with Gasteiger partial charge in [-0.1, -0.05) is 23.7 Å². The maximum atomic E-state index is 13.6. The molecule has 2 aromatic rings. The van der Waals surface area contributed by atoms with Crippen LogP contribution < -0.4 is 10.6 Å². The highest BCUT2D eigenvalue weighted by molar-refractivity contribution is 6.30. The van der Waals surface area contributed by atoms with Crippen molar-refractivity contribution in [3.05, 3.63) is 70.2 Å². The fourth-order valence-electron chi connectivity index (χ4n) is 2.17. The molecule has 0 aromatic heterocycles. The lowest BCUT2D eigenvalue weighted by molar-refractivity contribution is 0.181. The van der Waals surface area contributed by atoms with Crippen LogP contribution in [0.5, 0.6) is 0 Å². The van der Waals surface area contributed by atoms with Crippen LogP contribution in [0.2, 0.25) is 5.02 Å². The summed E-state index contributed by atoms with van der Waals surface area (Å²) >= 11 is 5.82. The molecule has 1 atom stereocenters. The summed E-state index contributed by atoms with van der Waals surface area (Å²) in [7, 11) is 0. The van der Waals surface area contributed by atoms with Crippen molar-refractivity contribution in [3.8, 4) is 0 Å². The van der Waals surface area contributed by atoms with E-state index in [1.165, 1.54) is 0 Å². The third-order valence-electron chi connectivity index (χ3n) is 3.48. The second kappa shape index (κ2) is 9.34. The molecule has 1 unspecified atom stereocenters. The van der Waals surface area contributed by atoms with Crippen LogP contribution in [0, 0.1) is 11.6 Å². The molecular formula is C18H20ClF2N3O. The van der Waals surface area contributed by atoms with Gasteiger partial charge in [0.25, 0.3) is 0 Å². The lowest BCUT2D eigenvalue weighted by Gasteiger charge is -2.15. The van der Waals surface area contributed by atoms with Crippen molar-refractivity contribution in [1.29, 1.82) is 0 Å². The Balaban J connectivity index is 1.99. The first kappa shape index (κ1) is 19.1. The van der Waals surface area contributed by atoms with Crippen LogP contribution in [0.1, 0.15) is 24.2 Å². The monoisotopic (exact) mass is 367 g/mol. The molecular weight excluding hydrogens is 348 g/mol. The Bertz CT molecular complexity index is 723. The van der Waals surface area contributed by atoms with Gasteiger partial charge in [0.05, 0.1) is 12.6 Å². The highest BCUT2D eigenvalue weighted by Gasteiger charge is 2.09. The number of aliphatic hydroxyl groups excluding tert-OH is 1. The summed E-state index contributed by atoms with van der Waals surface area (Å²) in [5.41, 5.74) is 0.874. The van der Waals surface area contributed by atoms with Crippen molar-refractivity contribution in [2.24, 2.45) is 4.99 Å². The quantitative estimate of drug-likeness (QED) is 0.541. The van der Waals surface area contributed by atoms with Gasteiger partial charge in [-0.05, 0) is 42.8 Å². The molecule has 0 spiro atoms. The lowest BCUT2D eigenvalue weighted by Crippen LogP contribution is -2.39. The number of aliphatic imine (C=N–C) groups is 1. The molecule has 0 heterocycles. The van der Waals surface area contributed by atoms with Crippen LogP contribution in [0.15, 0.2) is 47.5 Å². The van der Waals surface area contributed by atoms with E-state index >= 15 is 0 Å². The summed E-state index contributed by atoms with van der Waals surface area (Å²) in [6, 6.07) is 10.1. The van der Waals surface area contributed by atoms with Crippen LogP contribution >= 0.6 is 11.6 Å². The average Bonchev–Trinajstić information content (AvgIpc) is 2.60. The van der Waals surface area contributed by atoms with Gasteiger partial charge in [-0.15, -0.1) is 0 Å². The third kappa shape index (κ3) is 5.99. The highest BCUT2D eigenvalue weighted by Crippen LogP contribution is 2.15. The molecule has 2 rings (SSSR count). The predicted molar refractivity (Wildman–Crippen MR) is 95.6 cm³/mol. The Morgan fingerprint density at radius 1 is 1.16 bits per heavy atom. The van der Waals surface area contributed by atoms with Crippen LogP contribution in [0.4, 0.5) is 8.78 Å². The topological polar surface area (TPSA) is 56.7 Å². The summed E-state index contributed by atoms with van der Waals surface area (Å²) in [5.74, 6) is -0.621. The predicted octanol–water partition coefficient (Wildman–Crippen LogP) is 3.41. The average molecular weight is 368 g/mol. The zero-order valence-electron chi connectivity index (χ0n) is 13.8. The van der Waals surface area contributed by atoms with E-state index in [1.807, 2.05) is 6.92 Å². The summed E-state index contributed by atoms with van der Waals surface area (Å²) in [6.45, 7) is 2.67. The second-order valence-corrected chi connectivity index (χ2v) is 5.82. The Morgan fingerprint density at radius 3 is 2.56 bits per heavy atom.